The van der Waals surface area contributed by atoms with E-state index >= 15 is 0 Å². The van der Waals surface area contributed by atoms with Gasteiger partial charge in [0.25, 0.3) is 0 Å². The molecule has 1 aliphatic heterocycles. The summed E-state index contributed by atoms with van der Waals surface area (Å²) in [6.45, 7) is 0. The molecule has 1 aliphatic rings. The highest BCUT2D eigenvalue weighted by molar-refractivity contribution is 6.07. The molecule has 20 heavy (non-hydrogen) atoms. The van der Waals surface area contributed by atoms with E-state index in [4.69, 9.17) is 4.74 Å². The maximum Gasteiger partial charge on any atom is 0.333 e. The third-order valence-electron chi connectivity index (χ3n) is 3.22. The van der Waals surface area contributed by atoms with E-state index in [1.807, 2.05) is 66.7 Å². The van der Waals surface area contributed by atoms with Crippen LogP contribution in [-0.2, 0) is 9.53 Å². The zero-order valence-electron chi connectivity index (χ0n) is 10.6. The van der Waals surface area contributed by atoms with Crippen molar-refractivity contribution in [3.05, 3.63) is 71.8 Å². The average molecular weight is 261 g/mol. The molecule has 2 aromatic carbocycles. The molecule has 96 valence electrons. The molecule has 0 fully saturated rings. The van der Waals surface area contributed by atoms with Gasteiger partial charge < -0.3 is 4.74 Å². The first-order chi connectivity index (χ1) is 9.81. The van der Waals surface area contributed by atoms with E-state index in [0.29, 0.717) is 11.3 Å². The van der Waals surface area contributed by atoms with Gasteiger partial charge in [0.05, 0.1) is 6.07 Å². The molecule has 0 spiro atoms. The Balaban J connectivity index is 2.21. The Hall–Kier alpha value is -2.86. The molecule has 0 aliphatic carbocycles. The minimum atomic E-state index is -0.868. The number of nitrogens with zero attached hydrogens (tertiary/aromatic N) is 1. The third-order valence-corrected chi connectivity index (χ3v) is 3.22. The lowest BCUT2D eigenvalue weighted by Gasteiger charge is -2.06. The number of hydrogen-bond donors (Lipinski definition) is 0. The standard InChI is InChI=1S/C17H11NO2/c18-11-14-15(12-7-3-1-4-8-12)16(20-17(14)19)13-9-5-2-6-10-13/h1-10,14H/t14-/m0/s1. The first kappa shape index (κ1) is 12.2. The molecule has 2 aromatic rings. The fourth-order valence-corrected chi connectivity index (χ4v) is 2.30. The lowest BCUT2D eigenvalue weighted by molar-refractivity contribution is -0.136. The van der Waals surface area contributed by atoms with E-state index < -0.39 is 11.9 Å². The van der Waals surface area contributed by atoms with Gasteiger partial charge in [-0.05, 0) is 5.56 Å². The molecule has 0 amide bonds. The predicted molar refractivity (Wildman–Crippen MR) is 74.9 cm³/mol. The van der Waals surface area contributed by atoms with Crippen LogP contribution in [0.25, 0.3) is 11.3 Å². The van der Waals surface area contributed by atoms with Crippen LogP contribution in [-0.4, -0.2) is 5.97 Å². The van der Waals surface area contributed by atoms with E-state index in [0.717, 1.165) is 11.1 Å². The van der Waals surface area contributed by atoms with Crippen LogP contribution in [0.3, 0.4) is 0 Å². The molecule has 0 radical (unpaired) electrons. The number of hydrogen-bond acceptors (Lipinski definition) is 3. The second-order valence-electron chi connectivity index (χ2n) is 4.46. The van der Waals surface area contributed by atoms with Crippen LogP contribution in [0.15, 0.2) is 60.7 Å². The molecule has 0 unspecified atom stereocenters. The molecule has 0 N–H and O–H groups in total. The number of carbonyl (C=O) groups excluding carboxylic acids is 1. The van der Waals surface area contributed by atoms with Crippen molar-refractivity contribution in [2.45, 2.75) is 0 Å². The Labute approximate surface area is 116 Å². The second kappa shape index (κ2) is 5.02. The van der Waals surface area contributed by atoms with Gasteiger partial charge in [0, 0.05) is 11.1 Å². The fourth-order valence-electron chi connectivity index (χ4n) is 2.30. The van der Waals surface area contributed by atoms with Crippen LogP contribution >= 0.6 is 0 Å². The van der Waals surface area contributed by atoms with Crippen LogP contribution in [0.2, 0.25) is 0 Å². The number of nitriles is 1. The van der Waals surface area contributed by atoms with Crippen molar-refractivity contribution < 1.29 is 9.53 Å². The summed E-state index contributed by atoms with van der Waals surface area (Å²) in [4.78, 5) is 11.9. The molecule has 0 bridgehead atoms. The smallest absolute Gasteiger partial charge is 0.333 e. The van der Waals surface area contributed by atoms with Gasteiger partial charge in [-0.3, -0.25) is 0 Å². The number of cyclic esters (lactones) is 1. The second-order valence-corrected chi connectivity index (χ2v) is 4.46. The molecule has 3 nitrogen and oxygen atoms in total. The quantitative estimate of drug-likeness (QED) is 0.780. The van der Waals surface area contributed by atoms with Crippen molar-refractivity contribution in [3.63, 3.8) is 0 Å². The van der Waals surface area contributed by atoms with Gasteiger partial charge in [0.15, 0.2) is 5.92 Å². The molecule has 1 heterocycles. The average Bonchev–Trinajstić information content (AvgIpc) is 2.85. The topological polar surface area (TPSA) is 50.1 Å². The van der Waals surface area contributed by atoms with E-state index in [-0.39, 0.29) is 0 Å². The van der Waals surface area contributed by atoms with Gasteiger partial charge in [-0.1, -0.05) is 60.7 Å². The molecule has 1 atom stereocenters. The summed E-state index contributed by atoms with van der Waals surface area (Å²) < 4.78 is 5.34. The van der Waals surface area contributed by atoms with E-state index in [2.05, 4.69) is 0 Å². The normalized spacial score (nSPS) is 17.8. The first-order valence-electron chi connectivity index (χ1n) is 6.27. The van der Waals surface area contributed by atoms with Gasteiger partial charge in [-0.2, -0.15) is 5.26 Å². The molecule has 0 saturated carbocycles. The Morgan fingerprint density at radius 2 is 1.45 bits per heavy atom. The van der Waals surface area contributed by atoms with Crippen molar-refractivity contribution in [1.82, 2.24) is 0 Å². The van der Waals surface area contributed by atoms with Crippen molar-refractivity contribution in [1.29, 1.82) is 5.26 Å². The van der Waals surface area contributed by atoms with Crippen molar-refractivity contribution >= 4 is 17.3 Å². The number of ether oxygens (including phenoxy) is 1. The fraction of sp³-hybridized carbons (Fsp3) is 0.0588. The molecule has 3 rings (SSSR count). The molecular weight excluding hydrogens is 250 g/mol. The van der Waals surface area contributed by atoms with E-state index in [9.17, 15) is 10.1 Å². The lowest BCUT2D eigenvalue weighted by Crippen LogP contribution is -2.08. The van der Waals surface area contributed by atoms with Gasteiger partial charge in [-0.15, -0.1) is 0 Å². The Morgan fingerprint density at radius 1 is 0.900 bits per heavy atom. The summed E-state index contributed by atoms with van der Waals surface area (Å²) in [5.41, 5.74) is 2.28. The molecule has 3 heteroatoms. The zero-order chi connectivity index (χ0) is 13.9. The summed E-state index contributed by atoms with van der Waals surface area (Å²) in [5, 5.41) is 9.25. The SMILES string of the molecule is N#C[C@@H]1C(=O)OC(c2ccccc2)=C1c1ccccc1. The maximum atomic E-state index is 11.9. The van der Waals surface area contributed by atoms with Gasteiger partial charge in [0.1, 0.15) is 5.76 Å². The lowest BCUT2D eigenvalue weighted by atomic mass is 9.92. The van der Waals surface area contributed by atoms with Crippen LogP contribution in [0, 0.1) is 17.2 Å². The van der Waals surface area contributed by atoms with Crippen molar-refractivity contribution in [3.8, 4) is 6.07 Å². The maximum absolute atomic E-state index is 11.9. The Kier molecular flexibility index (Phi) is 3.06. The van der Waals surface area contributed by atoms with Gasteiger partial charge in [0.2, 0.25) is 0 Å². The van der Waals surface area contributed by atoms with Gasteiger partial charge in [-0.25, -0.2) is 4.79 Å². The van der Waals surface area contributed by atoms with Crippen LogP contribution in [0.5, 0.6) is 0 Å². The number of benzene rings is 2. The van der Waals surface area contributed by atoms with Crippen molar-refractivity contribution in [2.75, 3.05) is 0 Å². The highest BCUT2D eigenvalue weighted by atomic mass is 16.5. The number of esters is 1. The van der Waals surface area contributed by atoms with E-state index in [1.165, 1.54) is 0 Å². The van der Waals surface area contributed by atoms with Crippen molar-refractivity contribution in [2.24, 2.45) is 5.92 Å². The largest absolute Gasteiger partial charge is 0.424 e. The highest BCUT2D eigenvalue weighted by Gasteiger charge is 2.37. The monoisotopic (exact) mass is 261 g/mol. The van der Waals surface area contributed by atoms with Crippen LogP contribution < -0.4 is 0 Å². The minimum Gasteiger partial charge on any atom is -0.424 e. The third kappa shape index (κ3) is 1.98. The summed E-state index contributed by atoms with van der Waals surface area (Å²) in [6, 6.07) is 20.8. The summed E-state index contributed by atoms with van der Waals surface area (Å²) in [6.07, 6.45) is 0. The van der Waals surface area contributed by atoms with Crippen LogP contribution in [0.4, 0.5) is 0 Å². The predicted octanol–water partition coefficient (Wildman–Crippen LogP) is 3.25. The van der Waals surface area contributed by atoms with Crippen LogP contribution in [0.1, 0.15) is 11.1 Å². The number of carbonyl (C=O) groups is 1. The first-order valence-corrected chi connectivity index (χ1v) is 6.27. The molecule has 0 saturated heterocycles. The minimum absolute atomic E-state index is 0.480. The zero-order valence-corrected chi connectivity index (χ0v) is 10.6. The van der Waals surface area contributed by atoms with Gasteiger partial charge >= 0.3 is 5.97 Å². The number of rotatable bonds is 2. The molecule has 0 aromatic heterocycles. The van der Waals surface area contributed by atoms with E-state index in [1.54, 1.807) is 0 Å². The molecular formula is C17H11NO2. The Bertz CT molecular complexity index is 712. The Morgan fingerprint density at radius 3 is 2.00 bits per heavy atom. The summed E-state index contributed by atoms with van der Waals surface area (Å²) in [7, 11) is 0. The summed E-state index contributed by atoms with van der Waals surface area (Å²) in [5.74, 6) is -0.897. The highest BCUT2D eigenvalue weighted by Crippen LogP contribution is 2.39. The summed E-state index contributed by atoms with van der Waals surface area (Å²) >= 11 is 0.